The van der Waals surface area contributed by atoms with Crippen LogP contribution in [0.2, 0.25) is 0 Å². The van der Waals surface area contributed by atoms with Crippen LogP contribution in [0.5, 0.6) is 0 Å². The summed E-state index contributed by atoms with van der Waals surface area (Å²) in [6, 6.07) is 8.19. The van der Waals surface area contributed by atoms with Gasteiger partial charge in [0.15, 0.2) is 4.96 Å². The number of aliphatic hydroxyl groups excluding tert-OH is 1. The fourth-order valence-electron chi connectivity index (χ4n) is 4.62. The van der Waals surface area contributed by atoms with E-state index in [0.29, 0.717) is 37.3 Å². The van der Waals surface area contributed by atoms with Crippen LogP contribution in [0.3, 0.4) is 0 Å². The van der Waals surface area contributed by atoms with E-state index < -0.39 is 6.10 Å². The quantitative estimate of drug-likeness (QED) is 0.698. The first-order valence-electron chi connectivity index (χ1n) is 9.11. The van der Waals surface area contributed by atoms with Crippen molar-refractivity contribution in [3.8, 4) is 0 Å². The molecule has 1 saturated heterocycles. The lowest BCUT2D eigenvalue weighted by molar-refractivity contribution is 0.0364. The second-order valence-electron chi connectivity index (χ2n) is 7.36. The highest BCUT2D eigenvalue weighted by molar-refractivity contribution is 7.15. The number of fused-ring (bicyclic) bond motifs is 3. The fourth-order valence-corrected chi connectivity index (χ4v) is 5.30. The third-order valence-corrected chi connectivity index (χ3v) is 6.89. The van der Waals surface area contributed by atoms with Crippen molar-refractivity contribution >= 4 is 22.2 Å². The predicted octanol–water partition coefficient (Wildman–Crippen LogP) is 1.85. The lowest BCUT2D eigenvalue weighted by Gasteiger charge is -2.42. The molecule has 1 spiro atoms. The molecule has 0 radical (unpaired) electrons. The van der Waals surface area contributed by atoms with Crippen molar-refractivity contribution in [3.63, 3.8) is 0 Å². The van der Waals surface area contributed by atoms with Gasteiger partial charge in [0.1, 0.15) is 5.56 Å². The topological polar surface area (TPSA) is 74.9 Å². The summed E-state index contributed by atoms with van der Waals surface area (Å²) in [5.74, 6) is -0.274. The first-order valence-corrected chi connectivity index (χ1v) is 9.99. The maximum Gasteiger partial charge on any atom is 0.271 e. The summed E-state index contributed by atoms with van der Waals surface area (Å²) >= 11 is 1.36. The Morgan fingerprint density at radius 3 is 2.85 bits per heavy atom. The second-order valence-corrected chi connectivity index (χ2v) is 8.23. The van der Waals surface area contributed by atoms with E-state index in [1.165, 1.54) is 33.1 Å². The van der Waals surface area contributed by atoms with E-state index >= 15 is 0 Å². The fraction of sp³-hybridized carbons (Fsp3) is 0.350. The van der Waals surface area contributed by atoms with Gasteiger partial charge < -0.3 is 10.0 Å². The Morgan fingerprint density at radius 1 is 1.26 bits per heavy atom. The number of rotatable bonds is 1. The number of nitrogens with zero attached hydrogens (tertiary/aromatic N) is 3. The van der Waals surface area contributed by atoms with E-state index in [9.17, 15) is 14.7 Å². The van der Waals surface area contributed by atoms with Crippen LogP contribution in [0.25, 0.3) is 4.96 Å². The molecule has 3 aromatic rings. The molecule has 5 rings (SSSR count). The molecule has 0 bridgehead atoms. The summed E-state index contributed by atoms with van der Waals surface area (Å²) < 4.78 is 1.42. The Kier molecular flexibility index (Phi) is 3.70. The van der Waals surface area contributed by atoms with E-state index in [0.717, 1.165) is 0 Å². The zero-order valence-corrected chi connectivity index (χ0v) is 15.5. The van der Waals surface area contributed by atoms with Crippen molar-refractivity contribution in [3.05, 3.63) is 69.1 Å². The molecule has 0 unspecified atom stereocenters. The van der Waals surface area contributed by atoms with Gasteiger partial charge in [0, 0.05) is 36.3 Å². The van der Waals surface area contributed by atoms with Crippen LogP contribution in [0.1, 0.15) is 34.3 Å². The SMILES string of the molecule is O=C(c1cnc2sccn2c1=O)N1CCC2(CC1)c1ccccc1C[C@@H]2O. The van der Waals surface area contributed by atoms with E-state index in [1.807, 2.05) is 12.1 Å². The standard InChI is InChI=1S/C20H19N3O3S/c24-16-11-13-3-1-2-4-15(13)20(16)5-7-22(8-6-20)17(25)14-12-21-19-23(18(14)26)9-10-27-19/h1-4,9-10,12,16,24H,5-8,11H2/t16-/m0/s1. The Morgan fingerprint density at radius 2 is 2.04 bits per heavy atom. The van der Waals surface area contributed by atoms with Crippen molar-refractivity contribution in [2.45, 2.75) is 30.8 Å². The Labute approximate surface area is 159 Å². The normalized spacial score (nSPS) is 20.9. The largest absolute Gasteiger partial charge is 0.392 e. The number of likely N-dealkylation sites (tertiary alicyclic amines) is 1. The minimum atomic E-state index is -0.415. The molecule has 0 saturated carbocycles. The zero-order valence-electron chi connectivity index (χ0n) is 14.7. The number of carbonyl (C=O) groups excluding carboxylic acids is 1. The minimum absolute atomic E-state index is 0.106. The molecular formula is C20H19N3O3S. The van der Waals surface area contributed by atoms with Crippen LogP contribution in [-0.2, 0) is 11.8 Å². The van der Waals surface area contributed by atoms with Crippen molar-refractivity contribution in [1.29, 1.82) is 0 Å². The molecule has 1 aliphatic carbocycles. The number of aliphatic hydroxyl groups is 1. The van der Waals surface area contributed by atoms with Gasteiger partial charge in [-0.25, -0.2) is 4.98 Å². The van der Waals surface area contributed by atoms with Crippen LogP contribution in [0.4, 0.5) is 0 Å². The summed E-state index contributed by atoms with van der Waals surface area (Å²) in [5.41, 5.74) is 1.92. The van der Waals surface area contributed by atoms with Gasteiger partial charge in [0.2, 0.25) is 0 Å². The number of carbonyl (C=O) groups is 1. The van der Waals surface area contributed by atoms with Gasteiger partial charge in [-0.1, -0.05) is 24.3 Å². The first-order chi connectivity index (χ1) is 13.1. The van der Waals surface area contributed by atoms with Crippen molar-refractivity contribution in [2.24, 2.45) is 0 Å². The highest BCUT2D eigenvalue weighted by Gasteiger charge is 2.48. The van der Waals surface area contributed by atoms with Gasteiger partial charge in [-0.2, -0.15) is 0 Å². The number of piperidine rings is 1. The monoisotopic (exact) mass is 381 g/mol. The minimum Gasteiger partial charge on any atom is -0.392 e. The summed E-state index contributed by atoms with van der Waals surface area (Å²) in [6.07, 6.45) is 4.69. The number of benzene rings is 1. The average Bonchev–Trinajstić information content (AvgIpc) is 3.27. The first kappa shape index (κ1) is 16.6. The average molecular weight is 381 g/mol. The van der Waals surface area contributed by atoms with Crippen molar-refractivity contribution < 1.29 is 9.90 Å². The van der Waals surface area contributed by atoms with Crippen LogP contribution < -0.4 is 5.56 Å². The third kappa shape index (κ3) is 2.38. The van der Waals surface area contributed by atoms with Gasteiger partial charge in [0.25, 0.3) is 11.5 Å². The molecule has 27 heavy (non-hydrogen) atoms. The molecule has 138 valence electrons. The van der Waals surface area contributed by atoms with Gasteiger partial charge in [-0.15, -0.1) is 11.3 Å². The maximum absolute atomic E-state index is 12.9. The van der Waals surface area contributed by atoms with E-state index in [2.05, 4.69) is 17.1 Å². The molecule has 1 fully saturated rings. The number of amides is 1. The molecule has 7 heteroatoms. The Balaban J connectivity index is 1.41. The number of aromatic nitrogens is 2. The molecule has 1 atom stereocenters. The van der Waals surface area contributed by atoms with Gasteiger partial charge in [0.05, 0.1) is 6.10 Å². The van der Waals surface area contributed by atoms with E-state index in [4.69, 9.17) is 0 Å². The molecule has 1 aromatic carbocycles. The zero-order chi connectivity index (χ0) is 18.6. The molecule has 2 aliphatic rings. The highest BCUT2D eigenvalue weighted by atomic mass is 32.1. The highest BCUT2D eigenvalue weighted by Crippen LogP contribution is 2.46. The van der Waals surface area contributed by atoms with Crippen molar-refractivity contribution in [1.82, 2.24) is 14.3 Å². The predicted molar refractivity (Wildman–Crippen MR) is 102 cm³/mol. The Hall–Kier alpha value is -2.51. The molecule has 1 aliphatic heterocycles. The number of hydrogen-bond donors (Lipinski definition) is 1. The molecule has 3 heterocycles. The third-order valence-electron chi connectivity index (χ3n) is 6.12. The van der Waals surface area contributed by atoms with Crippen LogP contribution in [0, 0.1) is 0 Å². The summed E-state index contributed by atoms with van der Waals surface area (Å²) in [6.45, 7) is 1.05. The van der Waals surface area contributed by atoms with Crippen LogP contribution in [0.15, 0.2) is 46.8 Å². The van der Waals surface area contributed by atoms with E-state index in [-0.39, 0.29) is 22.4 Å². The molecular weight excluding hydrogens is 362 g/mol. The molecule has 1 N–H and O–H groups in total. The smallest absolute Gasteiger partial charge is 0.271 e. The van der Waals surface area contributed by atoms with Gasteiger partial charge in [-0.3, -0.25) is 14.0 Å². The summed E-state index contributed by atoms with van der Waals surface area (Å²) in [5, 5.41) is 12.5. The molecule has 1 amide bonds. The Bertz CT molecular complexity index is 1100. The van der Waals surface area contributed by atoms with Crippen LogP contribution in [-0.4, -0.2) is 44.5 Å². The summed E-state index contributed by atoms with van der Waals surface area (Å²) in [7, 11) is 0. The van der Waals surface area contributed by atoms with Crippen molar-refractivity contribution in [2.75, 3.05) is 13.1 Å². The number of thiazole rings is 1. The van der Waals surface area contributed by atoms with Gasteiger partial charge in [-0.05, 0) is 30.4 Å². The van der Waals surface area contributed by atoms with Crippen LogP contribution >= 0.6 is 11.3 Å². The second kappa shape index (κ2) is 6.00. The maximum atomic E-state index is 12.9. The molecule has 6 nitrogen and oxygen atoms in total. The van der Waals surface area contributed by atoms with Gasteiger partial charge >= 0.3 is 0 Å². The lowest BCUT2D eigenvalue weighted by atomic mass is 9.72. The lowest BCUT2D eigenvalue weighted by Crippen LogP contribution is -2.49. The van der Waals surface area contributed by atoms with E-state index in [1.54, 1.807) is 16.5 Å². The number of hydrogen-bond acceptors (Lipinski definition) is 5. The summed E-state index contributed by atoms with van der Waals surface area (Å²) in [4.78, 5) is 32.0. The molecule has 2 aromatic heterocycles.